The van der Waals surface area contributed by atoms with Crippen LogP contribution in [0.5, 0.6) is 0 Å². The van der Waals surface area contributed by atoms with Crippen LogP contribution in [0.1, 0.15) is 45.4 Å². The zero-order chi connectivity index (χ0) is 21.9. The molecule has 34 heavy (non-hydrogen) atoms. The smallest absolute Gasteiger partial charge is 0.591 e. The summed E-state index contributed by atoms with van der Waals surface area (Å²) in [6.07, 6.45) is 12.6. The summed E-state index contributed by atoms with van der Waals surface area (Å²) in [5, 5.41) is 9.71. The minimum absolute atomic E-state index is 0. The van der Waals surface area contributed by atoms with E-state index >= 15 is 0 Å². The maximum absolute atomic E-state index is 5.53. The first kappa shape index (κ1) is 26.6. The molecule has 2 aromatic heterocycles. The summed E-state index contributed by atoms with van der Waals surface area (Å²) in [5.41, 5.74) is 1.81. The maximum Gasteiger partial charge on any atom is 2.00 e. The van der Waals surface area contributed by atoms with Gasteiger partial charge in [-0.3, -0.25) is 0 Å². The average Bonchev–Trinajstić information content (AvgIpc) is 3.51. The second-order valence-electron chi connectivity index (χ2n) is 8.42. The van der Waals surface area contributed by atoms with Crippen LogP contribution in [0.3, 0.4) is 0 Å². The van der Waals surface area contributed by atoms with Gasteiger partial charge in [-0.15, -0.1) is 11.5 Å². The molecular weight excluding hydrogens is 773 g/mol. The molecule has 0 N–H and O–H groups in total. The second kappa shape index (κ2) is 12.1. The van der Waals surface area contributed by atoms with Crippen LogP contribution in [0.2, 0.25) is 0 Å². The first-order chi connectivity index (χ1) is 15.8. The zero-order valence-corrected chi connectivity index (χ0v) is 24.4. The summed E-state index contributed by atoms with van der Waals surface area (Å²) in [7, 11) is 0. The number of rotatable bonds is 5. The summed E-state index contributed by atoms with van der Waals surface area (Å²) >= 11 is 0. The summed E-state index contributed by atoms with van der Waals surface area (Å²) < 4.78 is 10.9. The van der Waals surface area contributed by atoms with E-state index in [-0.39, 0.29) is 39.6 Å². The van der Waals surface area contributed by atoms with Crippen molar-refractivity contribution in [2.45, 2.75) is 45.4 Å². The van der Waals surface area contributed by atoms with Crippen LogP contribution in [-0.4, -0.2) is 0 Å². The fourth-order valence-corrected chi connectivity index (χ4v) is 4.66. The molecule has 0 bridgehead atoms. The van der Waals surface area contributed by atoms with Crippen molar-refractivity contribution in [1.29, 1.82) is 0 Å². The number of unbranched alkanes of at least 4 members (excludes halogenated alkanes) is 5. The van der Waals surface area contributed by atoms with Gasteiger partial charge in [0.2, 0.25) is 0 Å². The van der Waals surface area contributed by atoms with Gasteiger partial charge in [-0.1, -0.05) is 86.9 Å². The normalized spacial score (nSPS) is 10.9. The molecule has 2 nitrogen and oxygen atoms in total. The van der Waals surface area contributed by atoms with E-state index in [0.29, 0.717) is 0 Å². The van der Waals surface area contributed by atoms with E-state index in [1.165, 1.54) is 64.4 Å². The van der Waals surface area contributed by atoms with Crippen molar-refractivity contribution in [3.63, 3.8) is 0 Å². The molecule has 176 valence electrons. The fourth-order valence-electron chi connectivity index (χ4n) is 4.66. The van der Waals surface area contributed by atoms with Crippen LogP contribution < -0.4 is 0 Å². The Bertz CT molecular complexity index is 1390. The molecule has 0 aliphatic carbocycles. The predicted molar refractivity (Wildman–Crippen MR) is 136 cm³/mol. The van der Waals surface area contributed by atoms with Crippen LogP contribution in [0.4, 0.5) is 0 Å². The van der Waals surface area contributed by atoms with Gasteiger partial charge in [-0.25, -0.2) is 0 Å². The summed E-state index contributed by atoms with van der Waals surface area (Å²) in [4.78, 5) is 0. The third kappa shape index (κ3) is 5.01. The van der Waals surface area contributed by atoms with Crippen molar-refractivity contribution >= 4 is 54.3 Å². The maximum atomic E-state index is 5.53. The molecule has 0 saturated heterocycles. The Morgan fingerprint density at radius 1 is 0.647 bits per heavy atom. The average molecular weight is 801 g/mol. The number of benzene rings is 4. The Hall–Kier alpha value is -1.99. The standard InChI is InChI=1S/C22H11O2.C8H17.2Os/c1-3-17-16(6-8-21-19(17)9-11-23-21)14-2-4-18-15(13(1)14)5-7-22-20(18)10-12-24-22;1-3-5-7-8-6-4-2;;/h1-11H;1,3-8H2,2H3;;/q2*-1;;+2. The molecule has 0 unspecified atom stereocenters. The molecule has 4 heteroatoms. The molecule has 2 heterocycles. The molecule has 0 aliphatic rings. The Kier molecular flexibility index (Phi) is 9.49. The third-order valence-corrected chi connectivity index (χ3v) is 6.35. The number of furan rings is 2. The van der Waals surface area contributed by atoms with E-state index in [1.54, 1.807) is 6.26 Å². The largest absolute Gasteiger partial charge is 2.00 e. The summed E-state index contributed by atoms with van der Waals surface area (Å²) in [6, 6.07) is 21.1. The quantitative estimate of drug-likeness (QED) is 0.0987. The van der Waals surface area contributed by atoms with Crippen molar-refractivity contribution in [2.24, 2.45) is 0 Å². The van der Waals surface area contributed by atoms with Crippen molar-refractivity contribution < 1.29 is 48.4 Å². The molecule has 0 spiro atoms. The monoisotopic (exact) mass is 804 g/mol. The molecule has 0 fully saturated rings. The van der Waals surface area contributed by atoms with E-state index in [1.807, 2.05) is 18.2 Å². The van der Waals surface area contributed by atoms with Gasteiger partial charge in [-0.2, -0.15) is 6.42 Å². The molecule has 6 aromatic rings. The Balaban J connectivity index is 0.000000285. The summed E-state index contributed by atoms with van der Waals surface area (Å²) in [5.74, 6) is 0. The van der Waals surface area contributed by atoms with E-state index in [4.69, 9.17) is 8.83 Å². The zero-order valence-electron chi connectivity index (χ0n) is 19.3. The van der Waals surface area contributed by atoms with E-state index in [2.05, 4.69) is 62.6 Å². The first-order valence-corrected chi connectivity index (χ1v) is 11.6. The summed E-state index contributed by atoms with van der Waals surface area (Å²) in [6.45, 7) is 6.02. The van der Waals surface area contributed by atoms with Crippen LogP contribution in [-0.2, 0) is 39.6 Å². The SMILES string of the molecule is [CH2-]CCCCCCC.[Os+2].[Os].[c-]1cc2c(ccc3c2ccc2c4ccc5occc5c4ccc32)o1. The van der Waals surface area contributed by atoms with Crippen molar-refractivity contribution in [2.75, 3.05) is 0 Å². The number of fused-ring (bicyclic) bond motifs is 9. The molecule has 6 rings (SSSR count). The second-order valence-corrected chi connectivity index (χ2v) is 8.42. The van der Waals surface area contributed by atoms with Crippen molar-refractivity contribution in [3.05, 3.63) is 80.1 Å². The number of hydrogen-bond donors (Lipinski definition) is 0. The van der Waals surface area contributed by atoms with Gasteiger partial charge in [0.1, 0.15) is 5.58 Å². The van der Waals surface area contributed by atoms with Crippen LogP contribution in [0.25, 0.3) is 54.3 Å². The van der Waals surface area contributed by atoms with Gasteiger partial charge in [0.25, 0.3) is 0 Å². The Labute approximate surface area is 227 Å². The Morgan fingerprint density at radius 2 is 1.18 bits per heavy atom. The van der Waals surface area contributed by atoms with Gasteiger partial charge < -0.3 is 15.8 Å². The minimum atomic E-state index is 0. The van der Waals surface area contributed by atoms with Crippen LogP contribution in [0.15, 0.2) is 75.8 Å². The molecule has 0 saturated carbocycles. The number of hydrogen-bond acceptors (Lipinski definition) is 2. The fraction of sp³-hybridized carbons (Fsp3) is 0.233. The molecule has 0 aliphatic heterocycles. The topological polar surface area (TPSA) is 26.3 Å². The van der Waals surface area contributed by atoms with Gasteiger partial charge in [0.05, 0.1) is 6.26 Å². The predicted octanol–water partition coefficient (Wildman–Crippen LogP) is 9.61. The molecular formula is C30H28O2Os2. The molecule has 0 atom stereocenters. The van der Waals surface area contributed by atoms with Crippen LogP contribution in [0, 0.1) is 13.2 Å². The third-order valence-electron chi connectivity index (χ3n) is 6.35. The molecule has 4 aromatic carbocycles. The molecule has 0 radical (unpaired) electrons. The van der Waals surface area contributed by atoms with E-state index in [0.717, 1.165) is 28.4 Å². The van der Waals surface area contributed by atoms with Crippen molar-refractivity contribution in [1.82, 2.24) is 0 Å². The van der Waals surface area contributed by atoms with Gasteiger partial charge >= 0.3 is 19.8 Å². The van der Waals surface area contributed by atoms with E-state index < -0.39 is 0 Å². The minimum Gasteiger partial charge on any atom is -0.591 e. The van der Waals surface area contributed by atoms with E-state index in [9.17, 15) is 0 Å². The van der Waals surface area contributed by atoms with Crippen LogP contribution >= 0.6 is 0 Å². The van der Waals surface area contributed by atoms with Gasteiger partial charge in [0, 0.05) is 25.2 Å². The molecule has 0 amide bonds. The van der Waals surface area contributed by atoms with Gasteiger partial charge in [0.15, 0.2) is 0 Å². The van der Waals surface area contributed by atoms with Crippen molar-refractivity contribution in [3.8, 4) is 0 Å². The van der Waals surface area contributed by atoms with Gasteiger partial charge in [-0.05, 0) is 50.9 Å². The first-order valence-electron chi connectivity index (χ1n) is 11.6. The Morgan fingerprint density at radius 3 is 1.79 bits per heavy atom.